The molecule has 3 heteroatoms. The monoisotopic (exact) mass is 398 g/mol. The molecule has 1 atom stereocenters. The highest BCUT2D eigenvalue weighted by Crippen LogP contribution is 2.35. The van der Waals surface area contributed by atoms with Crippen LogP contribution in [0.2, 0.25) is 0 Å². The fourth-order valence-electron chi connectivity index (χ4n) is 2.12. The largest absolute Gasteiger partial charge is 0.207 e. The van der Waals surface area contributed by atoms with E-state index in [4.69, 9.17) is 0 Å². The third-order valence-electron chi connectivity index (χ3n) is 3.32. The van der Waals surface area contributed by atoms with Crippen molar-refractivity contribution in [3.63, 3.8) is 0 Å². The lowest BCUT2D eigenvalue weighted by Crippen LogP contribution is -1.96. The Morgan fingerprint density at radius 1 is 1.10 bits per heavy atom. The van der Waals surface area contributed by atoms with Crippen LogP contribution in [0.15, 0.2) is 46.9 Å². The van der Waals surface area contributed by atoms with E-state index in [9.17, 15) is 4.39 Å². The SMILES string of the molecule is CCCCc1ccc(C(Br)c2cc(F)ccc2Br)cc1. The minimum absolute atomic E-state index is 0.00667. The molecule has 0 spiro atoms. The van der Waals surface area contributed by atoms with Crippen molar-refractivity contribution in [3.8, 4) is 0 Å². The zero-order chi connectivity index (χ0) is 14.5. The van der Waals surface area contributed by atoms with Gasteiger partial charge in [-0.2, -0.15) is 0 Å². The van der Waals surface area contributed by atoms with E-state index in [0.29, 0.717) is 0 Å². The lowest BCUT2D eigenvalue weighted by molar-refractivity contribution is 0.625. The molecule has 0 heterocycles. The molecule has 0 fully saturated rings. The van der Waals surface area contributed by atoms with Gasteiger partial charge >= 0.3 is 0 Å². The first-order valence-corrected chi connectivity index (χ1v) is 8.50. The molecule has 0 saturated heterocycles. The van der Waals surface area contributed by atoms with E-state index in [1.165, 1.54) is 24.5 Å². The molecule has 2 rings (SSSR count). The van der Waals surface area contributed by atoms with Gasteiger partial charge in [-0.05, 0) is 47.7 Å². The van der Waals surface area contributed by atoms with Crippen LogP contribution < -0.4 is 0 Å². The van der Waals surface area contributed by atoms with Crippen molar-refractivity contribution in [2.75, 3.05) is 0 Å². The first kappa shape index (κ1) is 15.7. The maximum absolute atomic E-state index is 13.4. The summed E-state index contributed by atoms with van der Waals surface area (Å²) in [6.07, 6.45) is 3.54. The van der Waals surface area contributed by atoms with Gasteiger partial charge in [-0.1, -0.05) is 69.5 Å². The van der Waals surface area contributed by atoms with E-state index >= 15 is 0 Å². The molecule has 0 saturated carbocycles. The van der Waals surface area contributed by atoms with Crippen molar-refractivity contribution in [1.82, 2.24) is 0 Å². The van der Waals surface area contributed by atoms with E-state index in [1.807, 2.05) is 0 Å². The Kier molecular flexibility index (Phi) is 5.79. The van der Waals surface area contributed by atoms with Crippen molar-refractivity contribution < 1.29 is 4.39 Å². The Bertz CT molecular complexity index is 564. The van der Waals surface area contributed by atoms with Gasteiger partial charge in [-0.3, -0.25) is 0 Å². The zero-order valence-corrected chi connectivity index (χ0v) is 14.5. The molecule has 1 unspecified atom stereocenters. The van der Waals surface area contributed by atoms with Gasteiger partial charge in [-0.25, -0.2) is 4.39 Å². The summed E-state index contributed by atoms with van der Waals surface area (Å²) in [5.41, 5.74) is 3.40. The van der Waals surface area contributed by atoms with Crippen LogP contribution in [-0.4, -0.2) is 0 Å². The second-order valence-corrected chi connectivity index (χ2v) is 6.64. The second kappa shape index (κ2) is 7.37. The summed E-state index contributed by atoms with van der Waals surface area (Å²) in [7, 11) is 0. The van der Waals surface area contributed by atoms with Gasteiger partial charge in [0.1, 0.15) is 5.82 Å². The third-order valence-corrected chi connectivity index (χ3v) is 5.07. The van der Waals surface area contributed by atoms with Crippen LogP contribution in [0.3, 0.4) is 0 Å². The van der Waals surface area contributed by atoms with E-state index in [0.717, 1.165) is 22.0 Å². The molecule has 0 radical (unpaired) electrons. The highest BCUT2D eigenvalue weighted by molar-refractivity contribution is 9.11. The molecule has 0 aliphatic heterocycles. The van der Waals surface area contributed by atoms with Crippen molar-refractivity contribution >= 4 is 31.9 Å². The Balaban J connectivity index is 2.20. The number of halogens is 3. The summed E-state index contributed by atoms with van der Waals surface area (Å²) in [6.45, 7) is 2.20. The molecule has 2 aromatic carbocycles. The highest BCUT2D eigenvalue weighted by Gasteiger charge is 2.14. The fraction of sp³-hybridized carbons (Fsp3) is 0.294. The van der Waals surface area contributed by atoms with Crippen molar-refractivity contribution in [2.24, 2.45) is 0 Å². The Hall–Kier alpha value is -0.670. The molecule has 2 aromatic rings. The predicted molar refractivity (Wildman–Crippen MR) is 89.9 cm³/mol. The summed E-state index contributed by atoms with van der Waals surface area (Å²) < 4.78 is 14.3. The van der Waals surface area contributed by atoms with Crippen LogP contribution in [-0.2, 0) is 6.42 Å². The number of hydrogen-bond donors (Lipinski definition) is 0. The van der Waals surface area contributed by atoms with Crippen LogP contribution in [0.4, 0.5) is 4.39 Å². The number of aryl methyl sites for hydroxylation is 1. The molecule has 0 aromatic heterocycles. The zero-order valence-electron chi connectivity index (χ0n) is 11.4. The average Bonchev–Trinajstić information content (AvgIpc) is 2.47. The normalized spacial score (nSPS) is 12.4. The Labute approximate surface area is 136 Å². The Morgan fingerprint density at radius 3 is 2.45 bits per heavy atom. The molecular weight excluding hydrogens is 383 g/mol. The van der Waals surface area contributed by atoms with Crippen molar-refractivity contribution in [3.05, 3.63) is 69.4 Å². The van der Waals surface area contributed by atoms with Crippen molar-refractivity contribution in [2.45, 2.75) is 31.0 Å². The molecule has 0 aliphatic rings. The molecule has 0 bridgehead atoms. The molecule has 0 nitrogen and oxygen atoms in total. The number of benzene rings is 2. The molecule has 20 heavy (non-hydrogen) atoms. The number of unbranched alkanes of at least 4 members (excludes halogenated alkanes) is 1. The number of hydrogen-bond acceptors (Lipinski definition) is 0. The first-order chi connectivity index (χ1) is 9.61. The standard InChI is InChI=1S/C17H17Br2F/c1-2-3-4-12-5-7-13(8-6-12)17(19)15-11-14(20)9-10-16(15)18/h5-11,17H,2-4H2,1H3. The van der Waals surface area contributed by atoms with E-state index in [-0.39, 0.29) is 10.6 Å². The van der Waals surface area contributed by atoms with Crippen LogP contribution in [0.25, 0.3) is 0 Å². The molecule has 0 amide bonds. The van der Waals surface area contributed by atoms with E-state index in [2.05, 4.69) is 63.0 Å². The molecule has 0 aliphatic carbocycles. The molecule has 0 N–H and O–H groups in total. The van der Waals surface area contributed by atoms with Crippen LogP contribution in [0.5, 0.6) is 0 Å². The lowest BCUT2D eigenvalue weighted by Gasteiger charge is -2.13. The van der Waals surface area contributed by atoms with Gasteiger partial charge in [0.15, 0.2) is 0 Å². The summed E-state index contributed by atoms with van der Waals surface area (Å²) >= 11 is 7.14. The number of alkyl halides is 1. The summed E-state index contributed by atoms with van der Waals surface area (Å²) in [5.74, 6) is -0.216. The third kappa shape index (κ3) is 3.92. The van der Waals surface area contributed by atoms with Gasteiger partial charge in [0, 0.05) is 4.47 Å². The fourth-order valence-corrected chi connectivity index (χ4v) is 3.59. The van der Waals surface area contributed by atoms with E-state index < -0.39 is 0 Å². The van der Waals surface area contributed by atoms with Crippen molar-refractivity contribution in [1.29, 1.82) is 0 Å². The van der Waals surface area contributed by atoms with Crippen LogP contribution >= 0.6 is 31.9 Å². The minimum atomic E-state index is -0.216. The topological polar surface area (TPSA) is 0 Å². The van der Waals surface area contributed by atoms with Gasteiger partial charge in [0.25, 0.3) is 0 Å². The Morgan fingerprint density at radius 2 is 1.80 bits per heavy atom. The van der Waals surface area contributed by atoms with Gasteiger partial charge in [0.2, 0.25) is 0 Å². The summed E-state index contributed by atoms with van der Waals surface area (Å²) in [6, 6.07) is 13.3. The van der Waals surface area contributed by atoms with Gasteiger partial charge < -0.3 is 0 Å². The molecule has 106 valence electrons. The predicted octanol–water partition coefficient (Wildman–Crippen LogP) is 6.42. The summed E-state index contributed by atoms with van der Waals surface area (Å²) in [4.78, 5) is -0.00667. The van der Waals surface area contributed by atoms with Gasteiger partial charge in [-0.15, -0.1) is 0 Å². The van der Waals surface area contributed by atoms with Crippen LogP contribution in [0, 0.1) is 5.82 Å². The quantitative estimate of drug-likeness (QED) is 0.509. The molecular formula is C17H17Br2F. The lowest BCUT2D eigenvalue weighted by atomic mass is 10.0. The van der Waals surface area contributed by atoms with E-state index in [1.54, 1.807) is 12.1 Å². The maximum Gasteiger partial charge on any atom is 0.123 e. The minimum Gasteiger partial charge on any atom is -0.207 e. The number of rotatable bonds is 5. The maximum atomic E-state index is 13.4. The smallest absolute Gasteiger partial charge is 0.123 e. The average molecular weight is 400 g/mol. The summed E-state index contributed by atoms with van der Waals surface area (Å²) in [5, 5.41) is 0. The van der Waals surface area contributed by atoms with Gasteiger partial charge in [0.05, 0.1) is 4.83 Å². The highest BCUT2D eigenvalue weighted by atomic mass is 79.9. The first-order valence-electron chi connectivity index (χ1n) is 6.79. The second-order valence-electron chi connectivity index (χ2n) is 4.87. The van der Waals surface area contributed by atoms with Crippen LogP contribution in [0.1, 0.15) is 41.3 Å².